The number of hydrazine groups is 1. The summed E-state index contributed by atoms with van der Waals surface area (Å²) in [5, 5.41) is 11.8. The number of nitrogens with zero attached hydrogens (tertiary/aromatic N) is 4. The van der Waals surface area contributed by atoms with Crippen LogP contribution in [0.1, 0.15) is 12.5 Å². The van der Waals surface area contributed by atoms with Gasteiger partial charge in [-0.25, -0.2) is 5.84 Å². The van der Waals surface area contributed by atoms with Crippen LogP contribution in [-0.2, 0) is 0 Å². The average molecular weight is 271 g/mol. The molecule has 0 saturated carbocycles. The van der Waals surface area contributed by atoms with Gasteiger partial charge in [-0.3, -0.25) is 5.43 Å². The Labute approximate surface area is 115 Å². The molecule has 0 saturated heterocycles. The molecule has 20 heavy (non-hydrogen) atoms. The second kappa shape index (κ2) is 6.31. The largest absolute Gasteiger partial charge is 0.464 e. The highest BCUT2D eigenvalue weighted by atomic mass is 16.5. The van der Waals surface area contributed by atoms with E-state index in [0.717, 1.165) is 0 Å². The second-order valence-corrected chi connectivity index (χ2v) is 3.66. The maximum absolute atomic E-state index is 8.86. The Morgan fingerprint density at radius 1 is 1.30 bits per heavy atom. The summed E-state index contributed by atoms with van der Waals surface area (Å²) in [5.41, 5.74) is 3.55. The maximum Gasteiger partial charge on any atom is 0.323 e. The van der Waals surface area contributed by atoms with Crippen molar-refractivity contribution in [1.82, 2.24) is 15.0 Å². The Morgan fingerprint density at radius 2 is 2.10 bits per heavy atom. The van der Waals surface area contributed by atoms with Crippen LogP contribution in [0, 0.1) is 11.3 Å². The molecule has 0 aliphatic rings. The molecule has 0 amide bonds. The van der Waals surface area contributed by atoms with Crippen LogP contribution in [0.5, 0.6) is 6.01 Å². The molecule has 4 N–H and O–H groups in total. The highest BCUT2D eigenvalue weighted by Crippen LogP contribution is 2.17. The lowest BCUT2D eigenvalue weighted by Crippen LogP contribution is -2.13. The summed E-state index contributed by atoms with van der Waals surface area (Å²) in [7, 11) is 0. The Morgan fingerprint density at radius 3 is 2.80 bits per heavy atom. The molecule has 0 radical (unpaired) electrons. The predicted octanol–water partition coefficient (Wildman–Crippen LogP) is 1.17. The van der Waals surface area contributed by atoms with E-state index in [1.165, 1.54) is 0 Å². The van der Waals surface area contributed by atoms with Crippen molar-refractivity contribution >= 4 is 17.6 Å². The monoisotopic (exact) mass is 271 g/mol. The number of ether oxygens (including phenoxy) is 1. The van der Waals surface area contributed by atoms with Gasteiger partial charge in [0.05, 0.1) is 18.2 Å². The maximum atomic E-state index is 8.86. The minimum atomic E-state index is 0.161. The Bertz CT molecular complexity index is 638. The first-order valence-electron chi connectivity index (χ1n) is 5.88. The van der Waals surface area contributed by atoms with Gasteiger partial charge < -0.3 is 10.1 Å². The average Bonchev–Trinajstić information content (AvgIpc) is 2.47. The van der Waals surface area contributed by atoms with Crippen molar-refractivity contribution in [2.75, 3.05) is 17.3 Å². The SMILES string of the molecule is CCOc1nc(NN)nc(Nc2cccc(C#N)c2)n1. The van der Waals surface area contributed by atoms with Gasteiger partial charge in [0.15, 0.2) is 0 Å². The summed E-state index contributed by atoms with van der Waals surface area (Å²) in [6, 6.07) is 9.15. The lowest BCUT2D eigenvalue weighted by Gasteiger charge is -2.08. The van der Waals surface area contributed by atoms with Gasteiger partial charge in [0.1, 0.15) is 0 Å². The zero-order valence-electron chi connectivity index (χ0n) is 10.8. The molecule has 1 heterocycles. The number of nitrogens with two attached hydrogens (primary N) is 1. The summed E-state index contributed by atoms with van der Waals surface area (Å²) in [6.07, 6.45) is 0. The van der Waals surface area contributed by atoms with Gasteiger partial charge in [0, 0.05) is 5.69 Å². The van der Waals surface area contributed by atoms with Gasteiger partial charge in [-0.1, -0.05) is 6.07 Å². The minimum absolute atomic E-state index is 0.161. The van der Waals surface area contributed by atoms with E-state index >= 15 is 0 Å². The van der Waals surface area contributed by atoms with E-state index < -0.39 is 0 Å². The summed E-state index contributed by atoms with van der Waals surface area (Å²) >= 11 is 0. The first-order chi connectivity index (χ1) is 9.75. The predicted molar refractivity (Wildman–Crippen MR) is 73.2 cm³/mol. The van der Waals surface area contributed by atoms with Crippen LogP contribution in [0.2, 0.25) is 0 Å². The number of nitrogen functional groups attached to an aromatic ring is 1. The summed E-state index contributed by atoms with van der Waals surface area (Å²) in [4.78, 5) is 12.1. The number of hydrogen-bond donors (Lipinski definition) is 3. The van der Waals surface area contributed by atoms with Gasteiger partial charge in [0.25, 0.3) is 0 Å². The molecule has 0 aliphatic carbocycles. The summed E-state index contributed by atoms with van der Waals surface area (Å²) in [5.74, 6) is 5.75. The first-order valence-corrected chi connectivity index (χ1v) is 5.88. The van der Waals surface area contributed by atoms with Crippen LogP contribution in [0.4, 0.5) is 17.6 Å². The molecule has 0 fully saturated rings. The second-order valence-electron chi connectivity index (χ2n) is 3.66. The lowest BCUT2D eigenvalue weighted by molar-refractivity contribution is 0.312. The number of aromatic nitrogens is 3. The fourth-order valence-corrected chi connectivity index (χ4v) is 1.47. The molecule has 0 spiro atoms. The van der Waals surface area contributed by atoms with Crippen molar-refractivity contribution in [3.63, 3.8) is 0 Å². The van der Waals surface area contributed by atoms with E-state index in [0.29, 0.717) is 17.9 Å². The third-order valence-electron chi connectivity index (χ3n) is 2.27. The lowest BCUT2D eigenvalue weighted by atomic mass is 10.2. The van der Waals surface area contributed by atoms with E-state index in [-0.39, 0.29) is 17.9 Å². The third kappa shape index (κ3) is 3.30. The minimum Gasteiger partial charge on any atom is -0.464 e. The van der Waals surface area contributed by atoms with Gasteiger partial charge >= 0.3 is 6.01 Å². The van der Waals surface area contributed by atoms with Crippen molar-refractivity contribution < 1.29 is 4.74 Å². The van der Waals surface area contributed by atoms with E-state index in [1.807, 2.05) is 6.92 Å². The fourth-order valence-electron chi connectivity index (χ4n) is 1.47. The van der Waals surface area contributed by atoms with Crippen molar-refractivity contribution in [1.29, 1.82) is 5.26 Å². The van der Waals surface area contributed by atoms with E-state index in [9.17, 15) is 0 Å². The molecular formula is C12H13N7O. The van der Waals surface area contributed by atoms with E-state index in [4.69, 9.17) is 15.8 Å². The molecule has 2 rings (SSSR count). The van der Waals surface area contributed by atoms with Crippen LogP contribution < -0.4 is 21.3 Å². The molecule has 0 atom stereocenters. The number of nitriles is 1. The fraction of sp³-hybridized carbons (Fsp3) is 0.167. The molecule has 0 bridgehead atoms. The standard InChI is InChI=1S/C12H13N7O/c1-2-20-12-17-10(16-11(18-12)19-14)15-9-5-3-4-8(6-9)7-13/h3-6H,2,14H2,1H3,(H2,15,16,17,18,19). The Hall–Kier alpha value is -2.92. The van der Waals surface area contributed by atoms with E-state index in [2.05, 4.69) is 31.8 Å². The van der Waals surface area contributed by atoms with Gasteiger partial charge in [-0.15, -0.1) is 0 Å². The normalized spacial score (nSPS) is 9.65. The summed E-state index contributed by atoms with van der Waals surface area (Å²) in [6.45, 7) is 2.25. The van der Waals surface area contributed by atoms with Crippen molar-refractivity contribution in [3.05, 3.63) is 29.8 Å². The zero-order chi connectivity index (χ0) is 14.4. The molecule has 8 heteroatoms. The number of benzene rings is 1. The van der Waals surface area contributed by atoms with Crippen LogP contribution in [-0.4, -0.2) is 21.6 Å². The molecule has 1 aromatic heterocycles. The number of hydrogen-bond acceptors (Lipinski definition) is 8. The van der Waals surface area contributed by atoms with Gasteiger partial charge in [0.2, 0.25) is 11.9 Å². The van der Waals surface area contributed by atoms with Crippen LogP contribution in [0.25, 0.3) is 0 Å². The zero-order valence-corrected chi connectivity index (χ0v) is 10.8. The summed E-state index contributed by atoms with van der Waals surface area (Å²) < 4.78 is 5.22. The number of nitrogens with one attached hydrogen (secondary N) is 2. The smallest absolute Gasteiger partial charge is 0.323 e. The molecule has 0 unspecified atom stereocenters. The van der Waals surface area contributed by atoms with E-state index in [1.54, 1.807) is 24.3 Å². The Balaban J connectivity index is 2.27. The first kappa shape index (κ1) is 13.5. The number of anilines is 3. The molecule has 0 aliphatic heterocycles. The highest BCUT2D eigenvalue weighted by Gasteiger charge is 2.07. The molecular weight excluding hydrogens is 258 g/mol. The van der Waals surface area contributed by atoms with Gasteiger partial charge in [-0.05, 0) is 25.1 Å². The highest BCUT2D eigenvalue weighted by molar-refractivity contribution is 5.57. The Kier molecular flexibility index (Phi) is 4.26. The third-order valence-corrected chi connectivity index (χ3v) is 2.27. The van der Waals surface area contributed by atoms with Crippen LogP contribution in [0.3, 0.4) is 0 Å². The van der Waals surface area contributed by atoms with Crippen molar-refractivity contribution in [2.45, 2.75) is 6.92 Å². The molecule has 2 aromatic rings. The van der Waals surface area contributed by atoms with Crippen LogP contribution in [0.15, 0.2) is 24.3 Å². The van der Waals surface area contributed by atoms with Gasteiger partial charge in [-0.2, -0.15) is 20.2 Å². The van der Waals surface area contributed by atoms with Crippen LogP contribution >= 0.6 is 0 Å². The van der Waals surface area contributed by atoms with Crippen molar-refractivity contribution in [2.24, 2.45) is 5.84 Å². The van der Waals surface area contributed by atoms with Crippen molar-refractivity contribution in [3.8, 4) is 12.1 Å². The molecule has 8 nitrogen and oxygen atoms in total. The quantitative estimate of drug-likeness (QED) is 0.547. The topological polar surface area (TPSA) is 122 Å². The number of rotatable bonds is 5. The molecule has 1 aromatic carbocycles. The molecule has 102 valence electrons.